The first-order chi connectivity index (χ1) is 10.4. The second kappa shape index (κ2) is 6.79. The highest BCUT2D eigenvalue weighted by Crippen LogP contribution is 2.23. The maximum absolute atomic E-state index is 12.1. The first kappa shape index (κ1) is 16.3. The zero-order valence-corrected chi connectivity index (χ0v) is 14.1. The predicted molar refractivity (Wildman–Crippen MR) is 85.8 cm³/mol. The number of nitrogens with one attached hydrogen (secondary N) is 1. The van der Waals surface area contributed by atoms with E-state index in [4.69, 9.17) is 9.15 Å². The molecule has 2 aromatic rings. The molecule has 5 nitrogen and oxygen atoms in total. The normalized spacial score (nSPS) is 11.8. The van der Waals surface area contributed by atoms with Crippen LogP contribution in [0.5, 0.6) is 0 Å². The highest BCUT2D eigenvalue weighted by atomic mass is 79.9. The van der Waals surface area contributed by atoms with E-state index in [0.717, 1.165) is 10.0 Å². The number of hydrogen-bond acceptors (Lipinski definition) is 4. The fraction of sp³-hybridized carbons (Fsp3) is 0.250. The molecule has 1 amide bonds. The zero-order valence-electron chi connectivity index (χ0n) is 12.5. The van der Waals surface area contributed by atoms with Gasteiger partial charge in [0.05, 0.1) is 12.0 Å². The predicted octanol–water partition coefficient (Wildman–Crippen LogP) is 3.84. The Morgan fingerprint density at radius 3 is 2.59 bits per heavy atom. The molecule has 0 saturated heterocycles. The third-order valence-corrected chi connectivity index (χ3v) is 3.77. The number of anilines is 1. The first-order valence-corrected chi connectivity index (χ1v) is 7.50. The molecular weight excluding hydrogens is 350 g/mol. The van der Waals surface area contributed by atoms with Gasteiger partial charge in [-0.2, -0.15) is 0 Å². The van der Waals surface area contributed by atoms with Gasteiger partial charge in [-0.3, -0.25) is 4.79 Å². The summed E-state index contributed by atoms with van der Waals surface area (Å²) in [7, 11) is 0. The molecule has 0 aliphatic rings. The number of halogens is 1. The second-order valence-electron chi connectivity index (χ2n) is 4.91. The Hall–Kier alpha value is -2.08. The van der Waals surface area contributed by atoms with Gasteiger partial charge in [-0.05, 0) is 60.5 Å². The van der Waals surface area contributed by atoms with Gasteiger partial charge in [0.25, 0.3) is 5.91 Å². The average Bonchev–Trinajstić information content (AvgIpc) is 2.88. The molecule has 0 unspecified atom stereocenters. The van der Waals surface area contributed by atoms with Crippen LogP contribution in [0.2, 0.25) is 0 Å². The topological polar surface area (TPSA) is 68.5 Å². The monoisotopic (exact) mass is 365 g/mol. The summed E-state index contributed by atoms with van der Waals surface area (Å²) in [6.07, 6.45) is 0.482. The van der Waals surface area contributed by atoms with E-state index in [2.05, 4.69) is 21.2 Å². The number of benzene rings is 1. The molecule has 0 saturated carbocycles. The molecule has 0 aliphatic heterocycles. The Labute approximate surface area is 136 Å². The lowest BCUT2D eigenvalue weighted by molar-refractivity contribution is -0.123. The van der Waals surface area contributed by atoms with E-state index in [9.17, 15) is 9.59 Å². The molecule has 1 N–H and O–H groups in total. The van der Waals surface area contributed by atoms with Crippen molar-refractivity contribution in [2.24, 2.45) is 0 Å². The minimum atomic E-state index is -0.921. The minimum Gasteiger partial charge on any atom is -0.469 e. The molecule has 6 heteroatoms. The van der Waals surface area contributed by atoms with Gasteiger partial charge in [-0.1, -0.05) is 6.07 Å². The van der Waals surface area contributed by atoms with Crippen molar-refractivity contribution in [3.63, 3.8) is 0 Å². The Balaban J connectivity index is 2.00. The molecular formula is C16H16BrNO4. The van der Waals surface area contributed by atoms with Crippen molar-refractivity contribution >= 4 is 33.5 Å². The Kier molecular flexibility index (Phi) is 5.03. The fourth-order valence-corrected chi connectivity index (χ4v) is 2.42. The smallest absolute Gasteiger partial charge is 0.342 e. The van der Waals surface area contributed by atoms with Gasteiger partial charge in [0.1, 0.15) is 11.3 Å². The van der Waals surface area contributed by atoms with Gasteiger partial charge in [-0.25, -0.2) is 4.79 Å². The Bertz CT molecular complexity index is 708. The SMILES string of the molecule is Cc1ccc(NC(=O)[C@@H](C)OC(=O)c2ccoc2C)c(Br)c1. The molecule has 1 atom stereocenters. The van der Waals surface area contributed by atoms with Gasteiger partial charge in [-0.15, -0.1) is 0 Å². The van der Waals surface area contributed by atoms with E-state index < -0.39 is 18.0 Å². The summed E-state index contributed by atoms with van der Waals surface area (Å²) in [5, 5.41) is 2.72. The number of carbonyl (C=O) groups excluding carboxylic acids is 2. The van der Waals surface area contributed by atoms with Crippen LogP contribution < -0.4 is 5.32 Å². The number of esters is 1. The van der Waals surface area contributed by atoms with Crippen molar-refractivity contribution in [3.8, 4) is 0 Å². The highest BCUT2D eigenvalue weighted by molar-refractivity contribution is 9.10. The summed E-state index contributed by atoms with van der Waals surface area (Å²) < 4.78 is 11.0. The number of aryl methyl sites for hydroxylation is 2. The van der Waals surface area contributed by atoms with Crippen LogP contribution in [-0.4, -0.2) is 18.0 Å². The summed E-state index contributed by atoms with van der Waals surface area (Å²) in [5.74, 6) is -0.533. The summed E-state index contributed by atoms with van der Waals surface area (Å²) in [6.45, 7) is 5.13. The molecule has 0 spiro atoms. The first-order valence-electron chi connectivity index (χ1n) is 6.70. The van der Waals surface area contributed by atoms with E-state index >= 15 is 0 Å². The molecule has 1 aromatic carbocycles. The summed E-state index contributed by atoms with van der Waals surface area (Å²) >= 11 is 3.38. The van der Waals surface area contributed by atoms with Gasteiger partial charge in [0.15, 0.2) is 6.10 Å². The molecule has 1 heterocycles. The standard InChI is InChI=1S/C16H16BrNO4/c1-9-4-5-14(13(17)8-9)18-15(19)11(3)22-16(20)12-6-7-21-10(12)2/h4-8,11H,1-3H3,(H,18,19)/t11-/m1/s1. The fourth-order valence-electron chi connectivity index (χ4n) is 1.83. The van der Waals surface area contributed by atoms with Gasteiger partial charge >= 0.3 is 5.97 Å². The molecule has 0 radical (unpaired) electrons. The second-order valence-corrected chi connectivity index (χ2v) is 5.76. The molecule has 0 aliphatic carbocycles. The quantitative estimate of drug-likeness (QED) is 0.835. The molecule has 22 heavy (non-hydrogen) atoms. The van der Waals surface area contributed by atoms with Gasteiger partial charge in [0.2, 0.25) is 0 Å². The summed E-state index contributed by atoms with van der Waals surface area (Å²) in [5.41, 5.74) is 2.01. The van der Waals surface area contributed by atoms with Crippen molar-refractivity contribution in [2.75, 3.05) is 5.32 Å². The number of ether oxygens (including phenoxy) is 1. The maximum atomic E-state index is 12.1. The van der Waals surface area contributed by atoms with E-state index in [1.165, 1.54) is 19.3 Å². The Morgan fingerprint density at radius 1 is 1.27 bits per heavy atom. The molecule has 1 aromatic heterocycles. The molecule has 116 valence electrons. The van der Waals surface area contributed by atoms with Crippen molar-refractivity contribution in [1.82, 2.24) is 0 Å². The third-order valence-electron chi connectivity index (χ3n) is 3.11. The lowest BCUT2D eigenvalue weighted by Gasteiger charge is -2.14. The number of hydrogen-bond donors (Lipinski definition) is 1. The van der Waals surface area contributed by atoms with Gasteiger partial charge in [0, 0.05) is 4.47 Å². The minimum absolute atomic E-state index is 0.316. The Morgan fingerprint density at radius 2 is 2.00 bits per heavy atom. The van der Waals surface area contributed by atoms with Crippen LogP contribution in [0.3, 0.4) is 0 Å². The van der Waals surface area contributed by atoms with E-state index in [1.807, 2.05) is 19.1 Å². The molecule has 0 fully saturated rings. The molecule has 0 bridgehead atoms. The van der Waals surface area contributed by atoms with Crippen LogP contribution in [0.4, 0.5) is 5.69 Å². The van der Waals surface area contributed by atoms with Crippen LogP contribution in [0, 0.1) is 13.8 Å². The third kappa shape index (κ3) is 3.76. The van der Waals surface area contributed by atoms with Crippen molar-refractivity contribution < 1.29 is 18.7 Å². The van der Waals surface area contributed by atoms with Crippen LogP contribution in [0.25, 0.3) is 0 Å². The number of carbonyl (C=O) groups is 2. The summed E-state index contributed by atoms with van der Waals surface area (Å²) in [4.78, 5) is 24.0. The van der Waals surface area contributed by atoms with Crippen molar-refractivity contribution in [2.45, 2.75) is 26.9 Å². The van der Waals surface area contributed by atoms with E-state index in [0.29, 0.717) is 17.0 Å². The van der Waals surface area contributed by atoms with Gasteiger partial charge < -0.3 is 14.5 Å². The lowest BCUT2D eigenvalue weighted by atomic mass is 10.2. The van der Waals surface area contributed by atoms with E-state index in [1.54, 1.807) is 13.0 Å². The van der Waals surface area contributed by atoms with Crippen LogP contribution in [0.1, 0.15) is 28.6 Å². The zero-order chi connectivity index (χ0) is 16.3. The van der Waals surface area contributed by atoms with Crippen molar-refractivity contribution in [1.29, 1.82) is 0 Å². The summed E-state index contributed by atoms with van der Waals surface area (Å²) in [6, 6.07) is 7.07. The van der Waals surface area contributed by atoms with Crippen molar-refractivity contribution in [3.05, 3.63) is 51.9 Å². The molecule has 2 rings (SSSR count). The van der Waals surface area contributed by atoms with E-state index in [-0.39, 0.29) is 0 Å². The van der Waals surface area contributed by atoms with Crippen LogP contribution in [-0.2, 0) is 9.53 Å². The largest absolute Gasteiger partial charge is 0.469 e. The highest BCUT2D eigenvalue weighted by Gasteiger charge is 2.21. The average molecular weight is 366 g/mol. The number of amides is 1. The number of furan rings is 1. The maximum Gasteiger partial charge on any atom is 0.342 e. The van der Waals surface area contributed by atoms with Crippen LogP contribution in [0.15, 0.2) is 39.4 Å². The van der Waals surface area contributed by atoms with Crippen LogP contribution >= 0.6 is 15.9 Å². The lowest BCUT2D eigenvalue weighted by Crippen LogP contribution is -2.30. The number of rotatable bonds is 4.